The highest BCUT2D eigenvalue weighted by molar-refractivity contribution is 6.04. The second-order valence-electron chi connectivity index (χ2n) is 3.81. The molecule has 1 aromatic carbocycles. The Labute approximate surface area is 102 Å². The number of carbonyl (C=O) groups is 1. The van der Waals surface area contributed by atoms with Gasteiger partial charge in [-0.3, -0.25) is 4.79 Å². The number of nitrogens with one attached hydrogen (secondary N) is 1. The highest BCUT2D eigenvalue weighted by Crippen LogP contribution is 2.15. The quantitative estimate of drug-likeness (QED) is 0.830. The Kier molecular flexibility index (Phi) is 3.32. The van der Waals surface area contributed by atoms with Crippen LogP contribution in [0.2, 0.25) is 0 Å². The van der Waals surface area contributed by atoms with Gasteiger partial charge in [0.2, 0.25) is 5.95 Å². The van der Waals surface area contributed by atoms with Gasteiger partial charge in [0.1, 0.15) is 5.82 Å². The molecule has 0 fully saturated rings. The van der Waals surface area contributed by atoms with Gasteiger partial charge in [-0.05, 0) is 42.8 Å². The average molecular weight is 248 g/mol. The topological polar surface area (TPSA) is 42.0 Å². The summed E-state index contributed by atoms with van der Waals surface area (Å²) in [7, 11) is 0. The van der Waals surface area contributed by atoms with Crippen molar-refractivity contribution in [3.63, 3.8) is 0 Å². The van der Waals surface area contributed by atoms with E-state index in [1.165, 1.54) is 30.5 Å². The maximum absolute atomic E-state index is 13.3. The van der Waals surface area contributed by atoms with Crippen molar-refractivity contribution in [2.45, 2.75) is 6.92 Å². The Balaban J connectivity index is 2.24. The minimum absolute atomic E-state index is 0.181. The molecule has 0 unspecified atom stereocenters. The van der Waals surface area contributed by atoms with E-state index < -0.39 is 17.7 Å². The lowest BCUT2D eigenvalue weighted by Crippen LogP contribution is -2.14. The monoisotopic (exact) mass is 248 g/mol. The third-order valence-electron chi connectivity index (χ3n) is 2.30. The molecule has 5 heteroatoms. The van der Waals surface area contributed by atoms with Crippen LogP contribution in [0.3, 0.4) is 0 Å². The fraction of sp³-hybridized carbons (Fsp3) is 0.0769. The Bertz CT molecular complexity index is 579. The van der Waals surface area contributed by atoms with Gasteiger partial charge in [-0.1, -0.05) is 0 Å². The highest BCUT2D eigenvalue weighted by atomic mass is 19.1. The summed E-state index contributed by atoms with van der Waals surface area (Å²) in [6, 6.07) is 6.85. The summed E-state index contributed by atoms with van der Waals surface area (Å²) >= 11 is 0. The molecule has 0 spiro atoms. The fourth-order valence-electron chi connectivity index (χ4n) is 1.56. The molecule has 1 N–H and O–H groups in total. The molecular weight excluding hydrogens is 238 g/mol. The number of amides is 1. The number of anilines is 1. The standard InChI is InChI=1S/C13H10F2N2O/c1-8-5-9(14)7-10(6-8)17-13(18)11-3-2-4-16-12(11)15/h2-7H,1H3,(H,17,18). The van der Waals surface area contributed by atoms with E-state index in [-0.39, 0.29) is 11.3 Å². The molecular formula is C13H10F2N2O. The van der Waals surface area contributed by atoms with Crippen molar-refractivity contribution in [2.75, 3.05) is 5.32 Å². The first-order chi connectivity index (χ1) is 8.56. The number of pyridine rings is 1. The number of nitrogens with zero attached hydrogens (tertiary/aromatic N) is 1. The smallest absolute Gasteiger partial charge is 0.260 e. The van der Waals surface area contributed by atoms with E-state index in [9.17, 15) is 13.6 Å². The Hall–Kier alpha value is -2.30. The average Bonchev–Trinajstić information content (AvgIpc) is 2.27. The van der Waals surface area contributed by atoms with Crippen LogP contribution in [0.15, 0.2) is 36.5 Å². The molecule has 1 aromatic heterocycles. The van der Waals surface area contributed by atoms with E-state index in [0.717, 1.165) is 0 Å². The van der Waals surface area contributed by atoms with Gasteiger partial charge >= 0.3 is 0 Å². The zero-order valence-electron chi connectivity index (χ0n) is 9.58. The van der Waals surface area contributed by atoms with Crippen LogP contribution in [0.1, 0.15) is 15.9 Å². The SMILES string of the molecule is Cc1cc(F)cc(NC(=O)c2cccnc2F)c1. The molecule has 0 saturated heterocycles. The van der Waals surface area contributed by atoms with Crippen molar-refractivity contribution in [1.29, 1.82) is 0 Å². The summed E-state index contributed by atoms with van der Waals surface area (Å²) in [6.07, 6.45) is 1.25. The van der Waals surface area contributed by atoms with Crippen molar-refractivity contribution in [3.05, 3.63) is 59.4 Å². The fourth-order valence-corrected chi connectivity index (χ4v) is 1.56. The van der Waals surface area contributed by atoms with Crippen LogP contribution < -0.4 is 5.32 Å². The Morgan fingerprint density at radius 3 is 2.72 bits per heavy atom. The zero-order valence-corrected chi connectivity index (χ0v) is 9.58. The van der Waals surface area contributed by atoms with Crippen LogP contribution in [0.4, 0.5) is 14.5 Å². The first-order valence-electron chi connectivity index (χ1n) is 5.25. The number of hydrogen-bond acceptors (Lipinski definition) is 2. The largest absolute Gasteiger partial charge is 0.322 e. The minimum atomic E-state index is -0.858. The molecule has 0 atom stereocenters. The Morgan fingerprint density at radius 1 is 1.28 bits per heavy atom. The van der Waals surface area contributed by atoms with Crippen molar-refractivity contribution in [2.24, 2.45) is 0 Å². The first kappa shape index (κ1) is 12.2. The minimum Gasteiger partial charge on any atom is -0.322 e. The number of aryl methyl sites for hydroxylation is 1. The number of rotatable bonds is 2. The van der Waals surface area contributed by atoms with Crippen LogP contribution in [-0.2, 0) is 0 Å². The predicted octanol–water partition coefficient (Wildman–Crippen LogP) is 2.92. The molecule has 2 aromatic rings. The zero-order chi connectivity index (χ0) is 13.1. The van der Waals surface area contributed by atoms with E-state index in [1.807, 2.05) is 0 Å². The van der Waals surface area contributed by atoms with Crippen LogP contribution in [0.5, 0.6) is 0 Å². The van der Waals surface area contributed by atoms with E-state index in [4.69, 9.17) is 0 Å². The molecule has 0 saturated carbocycles. The number of carbonyl (C=O) groups excluding carboxylic acids is 1. The number of benzene rings is 1. The van der Waals surface area contributed by atoms with Crippen molar-refractivity contribution in [3.8, 4) is 0 Å². The molecule has 3 nitrogen and oxygen atoms in total. The summed E-state index contributed by atoms with van der Waals surface area (Å²) in [5.41, 5.74) is 0.761. The van der Waals surface area contributed by atoms with Gasteiger partial charge in [-0.15, -0.1) is 0 Å². The van der Waals surface area contributed by atoms with E-state index in [2.05, 4.69) is 10.3 Å². The lowest BCUT2D eigenvalue weighted by Gasteiger charge is -2.06. The molecule has 0 aliphatic rings. The second-order valence-corrected chi connectivity index (χ2v) is 3.81. The van der Waals surface area contributed by atoms with Gasteiger partial charge in [-0.2, -0.15) is 4.39 Å². The molecule has 0 aliphatic carbocycles. The molecule has 18 heavy (non-hydrogen) atoms. The summed E-state index contributed by atoms with van der Waals surface area (Å²) in [6.45, 7) is 1.70. The predicted molar refractivity (Wildman–Crippen MR) is 63.3 cm³/mol. The van der Waals surface area contributed by atoms with Gasteiger partial charge < -0.3 is 5.32 Å². The molecule has 0 radical (unpaired) electrons. The van der Waals surface area contributed by atoms with E-state index in [0.29, 0.717) is 5.56 Å². The molecule has 2 rings (SSSR count). The van der Waals surface area contributed by atoms with Crippen molar-refractivity contribution >= 4 is 11.6 Å². The summed E-state index contributed by atoms with van der Waals surface area (Å²) in [4.78, 5) is 15.1. The van der Waals surface area contributed by atoms with Crippen LogP contribution in [0, 0.1) is 18.7 Å². The second kappa shape index (κ2) is 4.91. The van der Waals surface area contributed by atoms with Gasteiger partial charge in [0.15, 0.2) is 0 Å². The van der Waals surface area contributed by atoms with Crippen LogP contribution in [0.25, 0.3) is 0 Å². The molecule has 1 heterocycles. The normalized spacial score (nSPS) is 10.2. The van der Waals surface area contributed by atoms with Crippen molar-refractivity contribution in [1.82, 2.24) is 4.98 Å². The number of hydrogen-bond donors (Lipinski definition) is 1. The maximum Gasteiger partial charge on any atom is 0.260 e. The highest BCUT2D eigenvalue weighted by Gasteiger charge is 2.12. The lowest BCUT2D eigenvalue weighted by molar-refractivity contribution is 0.102. The molecule has 0 aliphatic heterocycles. The first-order valence-corrected chi connectivity index (χ1v) is 5.25. The third-order valence-corrected chi connectivity index (χ3v) is 2.30. The van der Waals surface area contributed by atoms with Crippen LogP contribution in [-0.4, -0.2) is 10.9 Å². The van der Waals surface area contributed by atoms with Crippen molar-refractivity contribution < 1.29 is 13.6 Å². The van der Waals surface area contributed by atoms with Crippen LogP contribution >= 0.6 is 0 Å². The number of halogens is 2. The summed E-state index contributed by atoms with van der Waals surface area (Å²) in [5, 5.41) is 2.42. The summed E-state index contributed by atoms with van der Waals surface area (Å²) < 4.78 is 26.4. The van der Waals surface area contributed by atoms with E-state index >= 15 is 0 Å². The van der Waals surface area contributed by atoms with E-state index in [1.54, 1.807) is 13.0 Å². The Morgan fingerprint density at radius 2 is 2.06 bits per heavy atom. The maximum atomic E-state index is 13.3. The molecule has 1 amide bonds. The van der Waals surface area contributed by atoms with Gasteiger partial charge in [0, 0.05) is 11.9 Å². The van der Waals surface area contributed by atoms with Gasteiger partial charge in [0.25, 0.3) is 5.91 Å². The molecule has 92 valence electrons. The molecule has 0 bridgehead atoms. The van der Waals surface area contributed by atoms with Gasteiger partial charge in [-0.25, -0.2) is 9.37 Å². The number of aromatic nitrogens is 1. The van der Waals surface area contributed by atoms with Gasteiger partial charge in [0.05, 0.1) is 5.56 Å². The summed E-state index contributed by atoms with van der Waals surface area (Å²) in [5.74, 6) is -1.98. The lowest BCUT2D eigenvalue weighted by atomic mass is 10.2. The third kappa shape index (κ3) is 2.68.